The van der Waals surface area contributed by atoms with Gasteiger partial charge in [-0.05, 0) is 27.2 Å². The molecule has 8 heteroatoms. The number of alkyl halides is 2. The van der Waals surface area contributed by atoms with Crippen LogP contribution in [0.1, 0.15) is 26.5 Å². The lowest BCUT2D eigenvalue weighted by Gasteiger charge is -2.32. The van der Waals surface area contributed by atoms with Crippen molar-refractivity contribution in [2.24, 2.45) is 5.73 Å². The van der Waals surface area contributed by atoms with Crippen LogP contribution >= 0.6 is 15.9 Å². The van der Waals surface area contributed by atoms with Crippen LogP contribution in [0.2, 0.25) is 18.1 Å². The van der Waals surface area contributed by atoms with Gasteiger partial charge in [-0.15, -0.1) is 0 Å². The van der Waals surface area contributed by atoms with Crippen LogP contribution in [-0.4, -0.2) is 31.2 Å². The maximum absolute atomic E-state index is 15.0. The van der Waals surface area contributed by atoms with E-state index in [2.05, 4.69) is 20.9 Å². The highest BCUT2D eigenvalue weighted by molar-refractivity contribution is 9.10. The summed E-state index contributed by atoms with van der Waals surface area (Å²) in [6.07, 6.45) is -3.12. The Morgan fingerprint density at radius 1 is 1.32 bits per heavy atom. The molecule has 0 aliphatic heterocycles. The van der Waals surface area contributed by atoms with Crippen molar-refractivity contribution in [3.63, 3.8) is 0 Å². The molecule has 1 unspecified atom stereocenters. The SMILES string of the molecule is CC[Si](CC)(CC)c1cc(Br)nc(C(N)(CO)C(F)F)c1F. The quantitative estimate of drug-likeness (QED) is 0.547. The predicted octanol–water partition coefficient (Wildman–Crippen LogP) is 3.11. The molecule has 1 aromatic heterocycles. The fourth-order valence-corrected chi connectivity index (χ4v) is 7.05. The van der Waals surface area contributed by atoms with Crippen molar-refractivity contribution in [3.8, 4) is 0 Å². The Balaban J connectivity index is 3.66. The van der Waals surface area contributed by atoms with E-state index >= 15 is 0 Å². The standard InChI is InChI=1S/C14H22BrF3N2OSi/c1-4-22(5-2,6-3)9-7-10(15)20-12(11(9)16)14(19,8-21)13(17)18/h7,13,21H,4-6,8,19H2,1-3H3. The fourth-order valence-electron chi connectivity index (χ4n) is 2.76. The first kappa shape index (κ1) is 19.6. The maximum Gasteiger partial charge on any atom is 0.264 e. The number of aliphatic hydroxyl groups is 1. The van der Waals surface area contributed by atoms with Crippen molar-refractivity contribution in [1.82, 2.24) is 4.98 Å². The average molecular weight is 399 g/mol. The van der Waals surface area contributed by atoms with Gasteiger partial charge in [0.1, 0.15) is 21.7 Å². The zero-order valence-electron chi connectivity index (χ0n) is 13.0. The Morgan fingerprint density at radius 3 is 2.18 bits per heavy atom. The molecule has 22 heavy (non-hydrogen) atoms. The Morgan fingerprint density at radius 2 is 1.82 bits per heavy atom. The second kappa shape index (κ2) is 7.42. The number of aliphatic hydroxyl groups excluding tert-OH is 1. The van der Waals surface area contributed by atoms with Crippen molar-refractivity contribution in [3.05, 3.63) is 22.2 Å². The Kier molecular flexibility index (Phi) is 6.61. The third-order valence-corrected chi connectivity index (χ3v) is 10.6. The molecule has 1 heterocycles. The lowest BCUT2D eigenvalue weighted by Crippen LogP contribution is -2.53. The molecule has 0 aliphatic carbocycles. The summed E-state index contributed by atoms with van der Waals surface area (Å²) in [5.74, 6) is -0.794. The number of hydrogen-bond acceptors (Lipinski definition) is 3. The summed E-state index contributed by atoms with van der Waals surface area (Å²) < 4.78 is 41.8. The van der Waals surface area contributed by atoms with E-state index in [-0.39, 0.29) is 4.60 Å². The second-order valence-electron chi connectivity index (χ2n) is 5.50. The van der Waals surface area contributed by atoms with Gasteiger partial charge in [-0.25, -0.2) is 18.2 Å². The molecule has 1 aromatic rings. The van der Waals surface area contributed by atoms with Gasteiger partial charge in [0.2, 0.25) is 0 Å². The second-order valence-corrected chi connectivity index (χ2v) is 11.5. The zero-order chi connectivity index (χ0) is 17.1. The normalized spacial score (nSPS) is 15.2. The van der Waals surface area contributed by atoms with Gasteiger partial charge in [0.15, 0.2) is 0 Å². The molecule has 0 aromatic carbocycles. The van der Waals surface area contributed by atoms with Gasteiger partial charge in [-0.1, -0.05) is 38.9 Å². The highest BCUT2D eigenvalue weighted by Crippen LogP contribution is 2.30. The van der Waals surface area contributed by atoms with Crippen LogP contribution in [-0.2, 0) is 5.54 Å². The van der Waals surface area contributed by atoms with Crippen molar-refractivity contribution in [1.29, 1.82) is 0 Å². The average Bonchev–Trinajstić information content (AvgIpc) is 2.51. The van der Waals surface area contributed by atoms with Crippen LogP contribution in [0.4, 0.5) is 13.2 Å². The Bertz CT molecular complexity index is 491. The van der Waals surface area contributed by atoms with E-state index in [9.17, 15) is 18.3 Å². The van der Waals surface area contributed by atoms with E-state index in [1.165, 1.54) is 0 Å². The van der Waals surface area contributed by atoms with Crippen LogP contribution in [0, 0.1) is 5.82 Å². The summed E-state index contributed by atoms with van der Waals surface area (Å²) in [6.45, 7) is 4.88. The summed E-state index contributed by atoms with van der Waals surface area (Å²) in [4.78, 5) is 3.81. The number of nitrogens with two attached hydrogens (primary N) is 1. The molecule has 0 aliphatic rings. The first-order valence-corrected chi connectivity index (χ1v) is 10.7. The number of pyridine rings is 1. The summed E-state index contributed by atoms with van der Waals surface area (Å²) in [7, 11) is -2.15. The van der Waals surface area contributed by atoms with Gasteiger partial charge >= 0.3 is 0 Å². The lowest BCUT2D eigenvalue weighted by molar-refractivity contribution is 0.0109. The molecular formula is C14H22BrF3N2OSi. The highest BCUT2D eigenvalue weighted by atomic mass is 79.9. The third kappa shape index (κ3) is 3.24. The molecule has 0 amide bonds. The number of aromatic nitrogens is 1. The van der Waals surface area contributed by atoms with Crippen LogP contribution < -0.4 is 10.9 Å². The summed E-state index contributed by atoms with van der Waals surface area (Å²) in [5.41, 5.74) is 2.49. The van der Waals surface area contributed by atoms with Gasteiger partial charge in [0, 0.05) is 0 Å². The number of nitrogens with zero attached hydrogens (tertiary/aromatic N) is 1. The smallest absolute Gasteiger partial charge is 0.264 e. The summed E-state index contributed by atoms with van der Waals surface area (Å²) in [6, 6.07) is 3.94. The van der Waals surface area contributed by atoms with Crippen molar-refractivity contribution >= 4 is 29.2 Å². The third-order valence-electron chi connectivity index (χ3n) is 4.62. The van der Waals surface area contributed by atoms with E-state index in [1.807, 2.05) is 20.8 Å². The summed E-state index contributed by atoms with van der Waals surface area (Å²) >= 11 is 3.16. The number of hydrogen-bond donors (Lipinski definition) is 2. The van der Waals surface area contributed by atoms with E-state index < -0.39 is 38.2 Å². The van der Waals surface area contributed by atoms with Crippen LogP contribution in [0.5, 0.6) is 0 Å². The van der Waals surface area contributed by atoms with Crippen molar-refractivity contribution in [2.45, 2.75) is 50.9 Å². The predicted molar refractivity (Wildman–Crippen MR) is 87.7 cm³/mol. The van der Waals surface area contributed by atoms with Crippen LogP contribution in [0.25, 0.3) is 0 Å². The topological polar surface area (TPSA) is 59.1 Å². The maximum atomic E-state index is 15.0. The van der Waals surface area contributed by atoms with Gasteiger partial charge in [-0.3, -0.25) is 0 Å². The molecule has 1 atom stereocenters. The highest BCUT2D eigenvalue weighted by Gasteiger charge is 2.44. The van der Waals surface area contributed by atoms with Crippen molar-refractivity contribution in [2.75, 3.05) is 6.61 Å². The van der Waals surface area contributed by atoms with Crippen molar-refractivity contribution < 1.29 is 18.3 Å². The number of rotatable bonds is 7. The minimum atomic E-state index is -3.12. The lowest BCUT2D eigenvalue weighted by atomic mass is 9.97. The van der Waals surface area contributed by atoms with E-state index in [4.69, 9.17) is 5.73 Å². The number of halogens is 4. The van der Waals surface area contributed by atoms with Gasteiger partial charge in [0.05, 0.1) is 14.7 Å². The molecule has 0 bridgehead atoms. The largest absolute Gasteiger partial charge is 0.394 e. The van der Waals surface area contributed by atoms with E-state index in [1.54, 1.807) is 6.07 Å². The molecular weight excluding hydrogens is 377 g/mol. The van der Waals surface area contributed by atoms with Crippen LogP contribution in [0.15, 0.2) is 10.7 Å². The summed E-state index contributed by atoms with van der Waals surface area (Å²) in [5, 5.41) is 9.72. The molecule has 3 nitrogen and oxygen atoms in total. The first-order chi connectivity index (χ1) is 10.2. The van der Waals surface area contributed by atoms with Gasteiger partial charge in [0.25, 0.3) is 6.43 Å². The molecule has 0 spiro atoms. The molecule has 3 N–H and O–H groups in total. The molecule has 126 valence electrons. The minimum absolute atomic E-state index is 0.259. The Labute approximate surface area is 138 Å². The monoisotopic (exact) mass is 398 g/mol. The molecule has 0 saturated carbocycles. The fraction of sp³-hybridized carbons (Fsp3) is 0.643. The van der Waals surface area contributed by atoms with E-state index in [0.717, 1.165) is 18.1 Å². The molecule has 1 rings (SSSR count). The molecule has 0 radical (unpaired) electrons. The first-order valence-electron chi connectivity index (χ1n) is 7.27. The van der Waals surface area contributed by atoms with Gasteiger partial charge in [-0.2, -0.15) is 0 Å². The zero-order valence-corrected chi connectivity index (χ0v) is 15.6. The molecule has 0 fully saturated rings. The van der Waals surface area contributed by atoms with Crippen LogP contribution in [0.3, 0.4) is 0 Å². The van der Waals surface area contributed by atoms with Gasteiger partial charge < -0.3 is 10.8 Å². The molecule has 0 saturated heterocycles. The Hall–Kier alpha value is -0.443. The minimum Gasteiger partial charge on any atom is -0.394 e. The van der Waals surface area contributed by atoms with E-state index in [0.29, 0.717) is 5.19 Å².